The molecule has 9 heteroatoms. The van der Waals surface area contributed by atoms with Gasteiger partial charge in [0.05, 0.1) is 11.3 Å². The van der Waals surface area contributed by atoms with Crippen molar-refractivity contribution in [3.63, 3.8) is 0 Å². The van der Waals surface area contributed by atoms with Crippen molar-refractivity contribution in [1.82, 2.24) is 0 Å². The zero-order valence-electron chi connectivity index (χ0n) is 10.3. The van der Waals surface area contributed by atoms with Crippen molar-refractivity contribution in [2.75, 3.05) is 0 Å². The number of ether oxygens (including phenoxy) is 1. The fourth-order valence-electron chi connectivity index (χ4n) is 1.90. The number of rotatable bonds is 3. The molecule has 0 aliphatic carbocycles. The average molecular weight is 322 g/mol. The Morgan fingerprint density at radius 3 is 2.57 bits per heavy atom. The van der Waals surface area contributed by atoms with Crippen molar-refractivity contribution in [2.45, 2.75) is 18.0 Å². The zero-order chi connectivity index (χ0) is 15.8. The third-order valence-electron chi connectivity index (χ3n) is 2.75. The Bertz CT molecular complexity index is 638. The second kappa shape index (κ2) is 5.49. The van der Waals surface area contributed by atoms with Crippen LogP contribution in [0.15, 0.2) is 23.8 Å². The average Bonchev–Trinajstić information content (AvgIpc) is 2.35. The SMILES string of the molecule is O=C(O)C1=Cc2cc(CS(=O)O)ccc2OC1C(F)(F)F. The molecule has 1 aromatic carbocycles. The molecular weight excluding hydrogens is 313 g/mol. The normalized spacial score (nSPS) is 19.2. The van der Waals surface area contributed by atoms with Crippen molar-refractivity contribution in [3.05, 3.63) is 34.9 Å². The second-order valence-electron chi connectivity index (χ2n) is 4.28. The van der Waals surface area contributed by atoms with Crippen LogP contribution in [0.3, 0.4) is 0 Å². The highest BCUT2D eigenvalue weighted by Crippen LogP contribution is 2.37. The number of alkyl halides is 3. The van der Waals surface area contributed by atoms with Gasteiger partial charge in [-0.1, -0.05) is 6.07 Å². The maximum Gasteiger partial charge on any atom is 0.430 e. The van der Waals surface area contributed by atoms with Crippen molar-refractivity contribution >= 4 is 23.1 Å². The van der Waals surface area contributed by atoms with Crippen molar-refractivity contribution in [1.29, 1.82) is 0 Å². The summed E-state index contributed by atoms with van der Waals surface area (Å²) >= 11 is -2.11. The van der Waals surface area contributed by atoms with Crippen LogP contribution >= 0.6 is 0 Å². The third kappa shape index (κ3) is 3.42. The van der Waals surface area contributed by atoms with Gasteiger partial charge in [0.1, 0.15) is 5.75 Å². The lowest BCUT2D eigenvalue weighted by Gasteiger charge is -2.27. The molecule has 1 aliphatic rings. The van der Waals surface area contributed by atoms with Crippen LogP contribution in [0, 0.1) is 0 Å². The molecule has 2 rings (SSSR count). The Kier molecular flexibility index (Phi) is 4.06. The molecule has 0 amide bonds. The maximum absolute atomic E-state index is 12.8. The van der Waals surface area contributed by atoms with Gasteiger partial charge < -0.3 is 14.4 Å². The predicted octanol–water partition coefficient (Wildman–Crippen LogP) is 2.20. The smallest absolute Gasteiger partial charge is 0.430 e. The molecule has 0 spiro atoms. The Labute approximate surface area is 119 Å². The van der Waals surface area contributed by atoms with Gasteiger partial charge in [0.2, 0.25) is 6.10 Å². The van der Waals surface area contributed by atoms with Gasteiger partial charge >= 0.3 is 12.1 Å². The highest BCUT2D eigenvalue weighted by molar-refractivity contribution is 7.78. The molecule has 2 unspecified atom stereocenters. The first-order valence-corrected chi connectivity index (χ1v) is 6.84. The van der Waals surface area contributed by atoms with E-state index in [2.05, 4.69) is 0 Å². The molecule has 0 saturated heterocycles. The molecule has 0 bridgehead atoms. The van der Waals surface area contributed by atoms with Crippen LogP contribution in [0.25, 0.3) is 6.08 Å². The highest BCUT2D eigenvalue weighted by Gasteiger charge is 2.48. The summed E-state index contributed by atoms with van der Waals surface area (Å²) in [5, 5.41) is 8.88. The van der Waals surface area contributed by atoms with Crippen LogP contribution in [0.1, 0.15) is 11.1 Å². The minimum absolute atomic E-state index is 0.121. The molecule has 0 aromatic heterocycles. The first-order chi connectivity index (χ1) is 9.68. The van der Waals surface area contributed by atoms with Crippen molar-refractivity contribution in [3.8, 4) is 5.75 Å². The molecule has 21 heavy (non-hydrogen) atoms. The van der Waals surface area contributed by atoms with Gasteiger partial charge in [-0.3, -0.25) is 0 Å². The standard InChI is InChI=1S/C12H9F3O5S/c13-12(14,15)10-8(11(16)17)4-7-3-6(5-21(18)19)1-2-9(7)20-10/h1-4,10H,5H2,(H,16,17)(H,18,19). The van der Waals surface area contributed by atoms with Gasteiger partial charge in [-0.25, -0.2) is 9.00 Å². The molecule has 0 fully saturated rings. The number of hydrogen-bond acceptors (Lipinski definition) is 3. The van der Waals surface area contributed by atoms with Gasteiger partial charge in [-0.15, -0.1) is 0 Å². The molecule has 114 valence electrons. The van der Waals surface area contributed by atoms with E-state index in [1.54, 1.807) is 0 Å². The zero-order valence-corrected chi connectivity index (χ0v) is 11.1. The van der Waals surface area contributed by atoms with Gasteiger partial charge in [0.15, 0.2) is 11.1 Å². The van der Waals surface area contributed by atoms with E-state index in [4.69, 9.17) is 14.4 Å². The van der Waals surface area contributed by atoms with E-state index in [0.717, 1.165) is 6.08 Å². The van der Waals surface area contributed by atoms with Crippen molar-refractivity contribution < 1.29 is 36.6 Å². The van der Waals surface area contributed by atoms with Crippen LogP contribution in [0.2, 0.25) is 0 Å². The summed E-state index contributed by atoms with van der Waals surface area (Å²) in [6.07, 6.45) is -6.53. The van der Waals surface area contributed by atoms with Crippen molar-refractivity contribution in [2.24, 2.45) is 0 Å². The summed E-state index contributed by atoms with van der Waals surface area (Å²) in [5.74, 6) is -2.08. The van der Waals surface area contributed by atoms with Crippen LogP contribution in [0.5, 0.6) is 5.75 Å². The molecule has 1 aromatic rings. The van der Waals surface area contributed by atoms with Gasteiger partial charge in [-0.05, 0) is 23.8 Å². The minimum Gasteiger partial charge on any atom is -0.478 e. The van der Waals surface area contributed by atoms with E-state index < -0.39 is 34.9 Å². The van der Waals surface area contributed by atoms with Crippen LogP contribution < -0.4 is 4.74 Å². The van der Waals surface area contributed by atoms with Gasteiger partial charge in [0.25, 0.3) is 0 Å². The summed E-state index contributed by atoms with van der Waals surface area (Å²) in [6.45, 7) is 0. The van der Waals surface area contributed by atoms with E-state index in [9.17, 15) is 22.2 Å². The Balaban J connectivity index is 2.46. The van der Waals surface area contributed by atoms with Crippen LogP contribution in [0.4, 0.5) is 13.2 Å². The van der Waals surface area contributed by atoms with E-state index in [0.29, 0.717) is 5.56 Å². The third-order valence-corrected chi connectivity index (χ3v) is 3.33. The monoisotopic (exact) mass is 322 g/mol. The summed E-state index contributed by atoms with van der Waals surface area (Å²) in [7, 11) is 0. The second-order valence-corrected chi connectivity index (χ2v) is 5.21. The summed E-state index contributed by atoms with van der Waals surface area (Å²) in [6, 6.07) is 3.88. The summed E-state index contributed by atoms with van der Waals surface area (Å²) in [5.41, 5.74) is -0.433. The number of carboxylic acid groups (broad SMARTS) is 1. The molecule has 0 saturated carbocycles. The molecule has 5 nitrogen and oxygen atoms in total. The number of carbonyl (C=O) groups is 1. The number of carboxylic acids is 1. The number of hydrogen-bond donors (Lipinski definition) is 2. The quantitative estimate of drug-likeness (QED) is 0.834. The lowest BCUT2D eigenvalue weighted by atomic mass is 10.00. The Hall–Kier alpha value is -1.87. The lowest BCUT2D eigenvalue weighted by molar-refractivity contribution is -0.187. The lowest BCUT2D eigenvalue weighted by Crippen LogP contribution is -2.40. The predicted molar refractivity (Wildman–Crippen MR) is 67.0 cm³/mol. The topological polar surface area (TPSA) is 83.8 Å². The molecule has 1 heterocycles. The first kappa shape index (κ1) is 15.5. The fourth-order valence-corrected chi connectivity index (χ4v) is 2.37. The van der Waals surface area contributed by atoms with Crippen LogP contribution in [-0.4, -0.2) is 32.1 Å². The number of aliphatic carboxylic acids is 1. The summed E-state index contributed by atoms with van der Waals surface area (Å²) < 4.78 is 62.6. The van der Waals surface area contributed by atoms with E-state index in [1.165, 1.54) is 18.2 Å². The van der Waals surface area contributed by atoms with E-state index in [1.807, 2.05) is 0 Å². The maximum atomic E-state index is 12.8. The van der Waals surface area contributed by atoms with Gasteiger partial charge in [-0.2, -0.15) is 13.2 Å². The Morgan fingerprint density at radius 2 is 2.05 bits per heavy atom. The minimum atomic E-state index is -4.85. The number of fused-ring (bicyclic) bond motifs is 1. The highest BCUT2D eigenvalue weighted by atomic mass is 32.2. The van der Waals surface area contributed by atoms with Gasteiger partial charge in [0, 0.05) is 5.56 Å². The molecule has 2 atom stereocenters. The summed E-state index contributed by atoms with van der Waals surface area (Å²) in [4.78, 5) is 10.9. The number of halogens is 3. The largest absolute Gasteiger partial charge is 0.478 e. The van der Waals surface area contributed by atoms with E-state index >= 15 is 0 Å². The fraction of sp³-hybridized carbons (Fsp3) is 0.250. The Morgan fingerprint density at radius 1 is 1.38 bits per heavy atom. The molecular formula is C12H9F3O5S. The first-order valence-electron chi connectivity index (χ1n) is 5.57. The molecule has 2 N–H and O–H groups in total. The number of benzene rings is 1. The molecule has 0 radical (unpaired) electrons. The molecule has 1 aliphatic heterocycles. The van der Waals surface area contributed by atoms with Crippen LogP contribution in [-0.2, 0) is 21.6 Å². The van der Waals surface area contributed by atoms with E-state index in [-0.39, 0.29) is 17.1 Å².